The SMILES string of the molecule is CC[C@@H](C)NC(=O)N1CCC[C@@H](c2nnc(C(=O)Nc3ccc(Cl)cc3)s2)C1. The normalized spacial score (nSPS) is 17.8. The Labute approximate surface area is 173 Å². The molecule has 7 nitrogen and oxygen atoms in total. The van der Waals surface area contributed by atoms with Crippen LogP contribution in [0.2, 0.25) is 5.02 Å². The summed E-state index contributed by atoms with van der Waals surface area (Å²) in [6.45, 7) is 5.37. The van der Waals surface area contributed by atoms with Crippen molar-refractivity contribution in [1.82, 2.24) is 20.4 Å². The van der Waals surface area contributed by atoms with Crippen molar-refractivity contribution in [2.75, 3.05) is 18.4 Å². The lowest BCUT2D eigenvalue weighted by molar-refractivity contribution is 0.102. The van der Waals surface area contributed by atoms with Crippen molar-refractivity contribution in [3.63, 3.8) is 0 Å². The van der Waals surface area contributed by atoms with Gasteiger partial charge in [-0.05, 0) is 50.5 Å². The number of rotatable bonds is 5. The fourth-order valence-electron chi connectivity index (χ4n) is 2.98. The second-order valence-electron chi connectivity index (χ2n) is 6.95. The maximum atomic E-state index is 12.4. The first kappa shape index (κ1) is 20.5. The molecule has 1 aromatic heterocycles. The third kappa shape index (κ3) is 5.20. The molecule has 0 aliphatic carbocycles. The van der Waals surface area contributed by atoms with Crippen molar-refractivity contribution in [3.8, 4) is 0 Å². The number of aromatic nitrogens is 2. The van der Waals surface area contributed by atoms with Gasteiger partial charge in [0.05, 0.1) is 0 Å². The van der Waals surface area contributed by atoms with Crippen LogP contribution < -0.4 is 10.6 Å². The highest BCUT2D eigenvalue weighted by Crippen LogP contribution is 2.29. The Hall–Kier alpha value is -2.19. The van der Waals surface area contributed by atoms with Gasteiger partial charge in [0.15, 0.2) is 0 Å². The minimum absolute atomic E-state index is 0.0377. The van der Waals surface area contributed by atoms with E-state index in [4.69, 9.17) is 11.6 Å². The topological polar surface area (TPSA) is 87.2 Å². The molecule has 1 aliphatic heterocycles. The van der Waals surface area contributed by atoms with Crippen LogP contribution in [0.25, 0.3) is 0 Å². The quantitative estimate of drug-likeness (QED) is 0.759. The number of likely N-dealkylation sites (tertiary alicyclic amines) is 1. The van der Waals surface area contributed by atoms with E-state index in [1.807, 2.05) is 18.7 Å². The second-order valence-corrected chi connectivity index (χ2v) is 8.40. The monoisotopic (exact) mass is 421 g/mol. The van der Waals surface area contributed by atoms with E-state index in [2.05, 4.69) is 20.8 Å². The number of nitrogens with zero attached hydrogens (tertiary/aromatic N) is 3. The van der Waals surface area contributed by atoms with Crippen molar-refractivity contribution in [3.05, 3.63) is 39.3 Å². The highest BCUT2D eigenvalue weighted by molar-refractivity contribution is 7.13. The Kier molecular flexibility index (Phi) is 6.85. The van der Waals surface area contributed by atoms with Crippen molar-refractivity contribution in [2.24, 2.45) is 0 Å². The molecule has 0 saturated carbocycles. The summed E-state index contributed by atoms with van der Waals surface area (Å²) in [5, 5.41) is 15.8. The van der Waals surface area contributed by atoms with Gasteiger partial charge >= 0.3 is 6.03 Å². The standard InChI is InChI=1S/C19H24ClN5O2S/c1-3-12(2)21-19(27)25-10-4-5-13(11-25)17-23-24-18(28-17)16(26)22-15-8-6-14(20)7-9-15/h6-9,12-13H,3-5,10-11H2,1-2H3,(H,21,27)(H,22,26)/t12-,13-/m1/s1. The molecule has 1 saturated heterocycles. The van der Waals surface area contributed by atoms with E-state index in [1.54, 1.807) is 24.3 Å². The Morgan fingerprint density at radius 2 is 2.07 bits per heavy atom. The Balaban J connectivity index is 1.61. The summed E-state index contributed by atoms with van der Waals surface area (Å²) in [7, 11) is 0. The Morgan fingerprint density at radius 3 is 2.79 bits per heavy atom. The van der Waals surface area contributed by atoms with E-state index in [1.165, 1.54) is 11.3 Å². The number of carbonyl (C=O) groups is 2. The number of piperidine rings is 1. The minimum Gasteiger partial charge on any atom is -0.336 e. The van der Waals surface area contributed by atoms with Gasteiger partial charge in [0.1, 0.15) is 5.01 Å². The van der Waals surface area contributed by atoms with Crippen LogP contribution in [0.5, 0.6) is 0 Å². The number of nitrogens with one attached hydrogen (secondary N) is 2. The lowest BCUT2D eigenvalue weighted by atomic mass is 9.99. The summed E-state index contributed by atoms with van der Waals surface area (Å²) in [4.78, 5) is 26.6. The van der Waals surface area contributed by atoms with Crippen LogP contribution in [0.15, 0.2) is 24.3 Å². The molecular formula is C19H24ClN5O2S. The summed E-state index contributed by atoms with van der Waals surface area (Å²) in [5.74, 6) is -0.195. The first-order chi connectivity index (χ1) is 13.5. The minimum atomic E-state index is -0.298. The van der Waals surface area contributed by atoms with Gasteiger partial charge in [-0.2, -0.15) is 0 Å². The molecule has 3 amide bonds. The number of hydrogen-bond donors (Lipinski definition) is 2. The number of halogens is 1. The van der Waals surface area contributed by atoms with Gasteiger partial charge in [-0.3, -0.25) is 4.79 Å². The third-order valence-electron chi connectivity index (χ3n) is 4.78. The molecule has 2 aromatic rings. The molecule has 28 heavy (non-hydrogen) atoms. The predicted octanol–water partition coefficient (Wildman–Crippen LogP) is 4.13. The van der Waals surface area contributed by atoms with E-state index in [9.17, 15) is 9.59 Å². The van der Waals surface area contributed by atoms with Crippen LogP contribution >= 0.6 is 22.9 Å². The van der Waals surface area contributed by atoms with E-state index in [-0.39, 0.29) is 23.9 Å². The molecule has 150 valence electrons. The fourth-order valence-corrected chi connectivity index (χ4v) is 3.97. The Bertz CT molecular complexity index is 826. The van der Waals surface area contributed by atoms with Gasteiger partial charge in [-0.25, -0.2) is 4.79 Å². The van der Waals surface area contributed by atoms with E-state index in [0.29, 0.717) is 22.3 Å². The lowest BCUT2D eigenvalue weighted by Gasteiger charge is -2.32. The van der Waals surface area contributed by atoms with Gasteiger partial charge in [0.2, 0.25) is 5.01 Å². The second kappa shape index (κ2) is 9.34. The highest BCUT2D eigenvalue weighted by atomic mass is 35.5. The van der Waals surface area contributed by atoms with Crippen LogP contribution in [0, 0.1) is 0 Å². The molecule has 2 atom stereocenters. The molecule has 1 aliphatic rings. The number of hydrogen-bond acceptors (Lipinski definition) is 5. The van der Waals surface area contributed by atoms with Gasteiger partial charge < -0.3 is 15.5 Å². The molecule has 1 aromatic carbocycles. The fraction of sp³-hybridized carbons (Fsp3) is 0.474. The summed E-state index contributed by atoms with van der Waals surface area (Å²) < 4.78 is 0. The van der Waals surface area contributed by atoms with Crippen LogP contribution in [0.1, 0.15) is 53.8 Å². The number of amides is 3. The Morgan fingerprint density at radius 1 is 1.32 bits per heavy atom. The predicted molar refractivity (Wildman–Crippen MR) is 111 cm³/mol. The molecule has 0 unspecified atom stereocenters. The smallest absolute Gasteiger partial charge is 0.317 e. The molecule has 0 radical (unpaired) electrons. The molecular weight excluding hydrogens is 398 g/mol. The number of urea groups is 1. The maximum Gasteiger partial charge on any atom is 0.317 e. The van der Waals surface area contributed by atoms with Crippen molar-refractivity contribution in [1.29, 1.82) is 0 Å². The van der Waals surface area contributed by atoms with Crippen molar-refractivity contribution >= 4 is 40.6 Å². The first-order valence-electron chi connectivity index (χ1n) is 9.42. The third-order valence-corrected chi connectivity index (χ3v) is 6.11. The van der Waals surface area contributed by atoms with Gasteiger partial charge in [-0.15, -0.1) is 10.2 Å². The summed E-state index contributed by atoms with van der Waals surface area (Å²) in [5.41, 5.74) is 0.650. The zero-order valence-corrected chi connectivity index (χ0v) is 17.5. The van der Waals surface area contributed by atoms with Crippen LogP contribution in [-0.2, 0) is 0 Å². The number of anilines is 1. The van der Waals surface area contributed by atoms with Crippen molar-refractivity contribution in [2.45, 2.75) is 45.1 Å². The molecule has 3 rings (SSSR count). The molecule has 0 bridgehead atoms. The summed E-state index contributed by atoms with van der Waals surface area (Å²) in [6.07, 6.45) is 2.73. The molecule has 9 heteroatoms. The molecule has 2 heterocycles. The lowest BCUT2D eigenvalue weighted by Crippen LogP contribution is -2.47. The van der Waals surface area contributed by atoms with Crippen LogP contribution in [0.4, 0.5) is 10.5 Å². The first-order valence-corrected chi connectivity index (χ1v) is 10.6. The van der Waals surface area contributed by atoms with Gasteiger partial charge in [0.25, 0.3) is 5.91 Å². The van der Waals surface area contributed by atoms with Gasteiger partial charge in [-0.1, -0.05) is 29.9 Å². The zero-order chi connectivity index (χ0) is 20.1. The maximum absolute atomic E-state index is 12.4. The van der Waals surface area contributed by atoms with Crippen LogP contribution in [0.3, 0.4) is 0 Å². The van der Waals surface area contributed by atoms with E-state index >= 15 is 0 Å². The number of carbonyl (C=O) groups excluding carboxylic acids is 2. The number of benzene rings is 1. The average molecular weight is 422 g/mol. The zero-order valence-electron chi connectivity index (χ0n) is 15.9. The molecule has 2 N–H and O–H groups in total. The van der Waals surface area contributed by atoms with Crippen molar-refractivity contribution < 1.29 is 9.59 Å². The van der Waals surface area contributed by atoms with E-state index < -0.39 is 0 Å². The highest BCUT2D eigenvalue weighted by Gasteiger charge is 2.28. The average Bonchev–Trinajstić information content (AvgIpc) is 3.20. The summed E-state index contributed by atoms with van der Waals surface area (Å²) in [6, 6.07) is 7.00. The van der Waals surface area contributed by atoms with E-state index in [0.717, 1.165) is 30.8 Å². The van der Waals surface area contributed by atoms with Crippen LogP contribution in [-0.4, -0.2) is 46.2 Å². The molecule has 0 spiro atoms. The van der Waals surface area contributed by atoms with Gasteiger partial charge in [0, 0.05) is 35.8 Å². The molecule has 1 fully saturated rings. The largest absolute Gasteiger partial charge is 0.336 e. The summed E-state index contributed by atoms with van der Waals surface area (Å²) >= 11 is 7.14.